The zero-order valence-electron chi connectivity index (χ0n) is 68.5. The molecular weight excluding hydrogens is 1520 g/mol. The number of likely N-dealkylation sites (tertiary alicyclic amines) is 1. The summed E-state index contributed by atoms with van der Waals surface area (Å²) in [7, 11) is 1.59. The molecule has 5 amide bonds. The first-order chi connectivity index (χ1) is 58.4. The summed E-state index contributed by atoms with van der Waals surface area (Å²) in [6.45, 7) is 12.2. The maximum atomic E-state index is 12.4. The first-order valence-electron chi connectivity index (χ1n) is 40.3. The Hall–Kier alpha value is -13.3. The lowest BCUT2D eigenvalue weighted by molar-refractivity contribution is -0.130. The van der Waals surface area contributed by atoms with Crippen LogP contribution in [0.4, 0.5) is 22.7 Å². The minimum Gasteiger partial charge on any atom is -0.495 e. The lowest BCUT2D eigenvalue weighted by atomic mass is 10.0. The molecule has 22 heteroatoms. The molecule has 5 aliphatic rings. The van der Waals surface area contributed by atoms with Crippen molar-refractivity contribution in [1.29, 1.82) is 0 Å². The number of ether oxygens (including phenoxy) is 7. The van der Waals surface area contributed by atoms with Crippen LogP contribution in [0.15, 0.2) is 237 Å². The smallest absolute Gasteiger partial charge is 0.253 e. The Morgan fingerprint density at radius 3 is 1.02 bits per heavy atom. The number of amides is 5. The van der Waals surface area contributed by atoms with Crippen molar-refractivity contribution in [2.45, 2.75) is 129 Å². The van der Waals surface area contributed by atoms with E-state index in [2.05, 4.69) is 0 Å². The number of rotatable bonds is 27. The number of carbonyl (C=O) groups excluding carboxylic acids is 10. The van der Waals surface area contributed by atoms with Crippen molar-refractivity contribution in [1.82, 2.24) is 4.90 Å². The van der Waals surface area contributed by atoms with Gasteiger partial charge in [-0.15, -0.1) is 0 Å². The van der Waals surface area contributed by atoms with Crippen molar-refractivity contribution in [2.24, 2.45) is 0 Å². The summed E-state index contributed by atoms with van der Waals surface area (Å²) in [5.41, 5.74) is 11.7. The normalized spacial score (nSPS) is 17.3. The lowest BCUT2D eigenvalue weighted by Gasteiger charge is -2.35. The molecule has 620 valence electrons. The SMILES string of the molecule is COc1ccccc1N1C(=O)CC[C@H]1COc1cccc(C)c1C=O.Cc1cccc(OC[C@@H]2CCC(=O)N2Cc2ccccc2)c1C=O.Cc1cccc(OC[C@@H]2CCC(=O)N2c2ccccc2)c1C=O.Cc1cccc(OC[C@@H]2CCCC(=O)N2c2ccccc2)c1C=O.Cc1cccc(OC[C@@H]2COCC(=O)N2c2ccccc2)c1C=O. The highest BCUT2D eigenvalue weighted by atomic mass is 16.5. The Balaban J connectivity index is 0.000000147. The minimum absolute atomic E-state index is 0.00934. The topological polar surface area (TPSA) is 252 Å². The minimum atomic E-state index is -0.242. The van der Waals surface area contributed by atoms with Gasteiger partial charge in [-0.2, -0.15) is 0 Å². The Bertz CT molecular complexity index is 5040. The molecule has 0 unspecified atom stereocenters. The van der Waals surface area contributed by atoms with Gasteiger partial charge in [0.1, 0.15) is 74.1 Å². The summed E-state index contributed by atoms with van der Waals surface area (Å²) in [5, 5.41) is 0. The number of hydrogen-bond donors (Lipinski definition) is 0. The van der Waals surface area contributed by atoms with Gasteiger partial charge in [0.15, 0.2) is 31.4 Å². The van der Waals surface area contributed by atoms with Crippen molar-refractivity contribution in [3.05, 3.63) is 298 Å². The van der Waals surface area contributed by atoms with Crippen LogP contribution in [-0.4, -0.2) is 149 Å². The maximum Gasteiger partial charge on any atom is 0.253 e. The average molecular weight is 1620 g/mol. The molecule has 0 aromatic heterocycles. The number of aryl methyl sites for hydroxylation is 5. The summed E-state index contributed by atoms with van der Waals surface area (Å²) in [5.74, 6) is 3.83. The van der Waals surface area contributed by atoms with Crippen LogP contribution in [0.1, 0.15) is 143 Å². The van der Waals surface area contributed by atoms with Crippen LogP contribution in [0.2, 0.25) is 0 Å². The van der Waals surface area contributed by atoms with E-state index in [4.69, 9.17) is 33.2 Å². The summed E-state index contributed by atoms with van der Waals surface area (Å²) >= 11 is 0. The van der Waals surface area contributed by atoms with Crippen LogP contribution in [0, 0.1) is 34.6 Å². The number of nitrogens with zero attached hydrogens (tertiary/aromatic N) is 5. The molecule has 0 radical (unpaired) electrons. The van der Waals surface area contributed by atoms with E-state index in [0.717, 1.165) is 113 Å². The number of carbonyl (C=O) groups is 10. The highest BCUT2D eigenvalue weighted by Crippen LogP contribution is 2.37. The van der Waals surface area contributed by atoms with Gasteiger partial charge < -0.3 is 57.7 Å². The van der Waals surface area contributed by atoms with Gasteiger partial charge in [-0.05, 0) is 179 Å². The molecule has 5 atom stereocenters. The highest BCUT2D eigenvalue weighted by molar-refractivity contribution is 5.99. The van der Waals surface area contributed by atoms with E-state index in [1.54, 1.807) is 52.1 Å². The molecule has 5 aliphatic heterocycles. The lowest BCUT2D eigenvalue weighted by Crippen LogP contribution is -2.52. The van der Waals surface area contributed by atoms with E-state index >= 15 is 0 Å². The van der Waals surface area contributed by atoms with Gasteiger partial charge in [-0.25, -0.2) is 0 Å². The number of methoxy groups -OCH3 is 1. The van der Waals surface area contributed by atoms with E-state index in [1.165, 1.54) is 0 Å². The first kappa shape index (κ1) is 87.5. The number of benzene rings is 10. The largest absolute Gasteiger partial charge is 0.495 e. The Labute approximate surface area is 700 Å². The van der Waals surface area contributed by atoms with E-state index in [9.17, 15) is 47.9 Å². The fourth-order valence-corrected chi connectivity index (χ4v) is 15.2. The number of piperidine rings is 1. The van der Waals surface area contributed by atoms with Crippen LogP contribution in [0.5, 0.6) is 34.5 Å². The third-order valence-corrected chi connectivity index (χ3v) is 21.6. The van der Waals surface area contributed by atoms with Gasteiger partial charge in [-0.1, -0.05) is 158 Å². The van der Waals surface area contributed by atoms with Crippen molar-refractivity contribution >= 4 is 83.7 Å². The predicted molar refractivity (Wildman–Crippen MR) is 461 cm³/mol. The summed E-state index contributed by atoms with van der Waals surface area (Å²) in [6.07, 6.45) is 10.2. The van der Waals surface area contributed by atoms with Gasteiger partial charge in [-0.3, -0.25) is 47.9 Å². The van der Waals surface area contributed by atoms with Gasteiger partial charge in [0.05, 0.1) is 77.4 Å². The van der Waals surface area contributed by atoms with Crippen molar-refractivity contribution in [2.75, 3.05) is 73.0 Å². The molecule has 0 saturated carbocycles. The Morgan fingerprint density at radius 2 is 0.625 bits per heavy atom. The average Bonchev–Trinajstić information content (AvgIpc) is 1.38. The molecule has 5 saturated heterocycles. The van der Waals surface area contributed by atoms with Gasteiger partial charge >= 0.3 is 0 Å². The monoisotopic (exact) mass is 1620 g/mol. The zero-order chi connectivity index (χ0) is 84.9. The third-order valence-electron chi connectivity index (χ3n) is 21.6. The van der Waals surface area contributed by atoms with Gasteiger partial charge in [0.25, 0.3) is 5.91 Å². The number of para-hydroxylation sites is 5. The quantitative estimate of drug-likeness (QED) is 0.0434. The van der Waals surface area contributed by atoms with Crippen LogP contribution in [-0.2, 0) is 35.3 Å². The fraction of sp³-hybridized carbons (Fsp3) is 0.286. The van der Waals surface area contributed by atoms with Crippen LogP contribution in [0.3, 0.4) is 0 Å². The molecule has 120 heavy (non-hydrogen) atoms. The molecule has 0 bridgehead atoms. The van der Waals surface area contributed by atoms with Crippen LogP contribution >= 0.6 is 0 Å². The number of aldehydes is 5. The molecular formula is C98H101N5O17. The summed E-state index contributed by atoms with van der Waals surface area (Å²) in [6, 6.07) is 73.5. The molecule has 0 spiro atoms. The zero-order valence-corrected chi connectivity index (χ0v) is 68.5. The summed E-state index contributed by atoms with van der Waals surface area (Å²) in [4.78, 5) is 127. The van der Waals surface area contributed by atoms with Crippen molar-refractivity contribution in [3.8, 4) is 34.5 Å². The Morgan fingerprint density at radius 1 is 0.317 bits per heavy atom. The summed E-state index contributed by atoms with van der Waals surface area (Å²) < 4.78 is 40.2. The Kier molecular flexibility index (Phi) is 31.9. The van der Waals surface area contributed by atoms with Crippen molar-refractivity contribution in [3.63, 3.8) is 0 Å². The molecule has 5 fully saturated rings. The van der Waals surface area contributed by atoms with Gasteiger partial charge in [0, 0.05) is 49.3 Å². The second-order valence-electron chi connectivity index (χ2n) is 29.6. The number of hydrogen-bond acceptors (Lipinski definition) is 17. The highest BCUT2D eigenvalue weighted by Gasteiger charge is 2.37. The molecule has 0 aliphatic carbocycles. The van der Waals surface area contributed by atoms with E-state index in [-0.39, 0.29) is 73.0 Å². The molecule has 0 N–H and O–H groups in total. The van der Waals surface area contributed by atoms with Crippen LogP contribution in [0.25, 0.3) is 0 Å². The first-order valence-corrected chi connectivity index (χ1v) is 40.3. The standard InChI is InChI=1S/C20H21NO4.2C20H21NO3.C19H19NO4.C19H19NO3/c1-14-6-5-9-18(16(14)12-22)25-13-15-10-11-20(23)21(15)17-7-3-4-8-19(17)24-2;1-15-7-5-11-19(18(15)13-22)24-14-17-10-6-12-20(23)21(17)16-8-3-2-4-9-16;1-15-6-5-9-19(18(15)13-22)24-14-17-10-11-20(23)21(17)12-16-7-3-2-4-8-16;1-14-6-5-9-18(17(14)10-21)24-12-16-11-23-13-19(22)20(16)15-7-3-2-4-8-15;1-14-6-5-9-18(17(14)12-21)23-13-16-10-11-19(22)20(16)15-7-3-2-4-8-15/h3-9,12,15H,10-11,13H2,1-2H3;2-5,7-9,11,13,17H,6,10,12,14H2,1H3;2-9,13,17H,10-12,14H2,1H3;2-10,16H,11-13H2,1H3;2-9,12,16H,10-11,13H2,1H3/t15-;2*17-;2*16-/m00000/s1. The number of morpholine rings is 1. The fourth-order valence-electron chi connectivity index (χ4n) is 15.2. The van der Waals surface area contributed by atoms with E-state index in [0.29, 0.717) is 134 Å². The predicted octanol–water partition coefficient (Wildman–Crippen LogP) is 16.5. The van der Waals surface area contributed by atoms with Gasteiger partial charge in [0.2, 0.25) is 23.6 Å². The maximum absolute atomic E-state index is 12.4. The molecule has 22 nitrogen and oxygen atoms in total. The van der Waals surface area contributed by atoms with E-state index < -0.39 is 0 Å². The second kappa shape index (κ2) is 43.7. The third kappa shape index (κ3) is 22.5. The molecule has 5 heterocycles. The second-order valence-corrected chi connectivity index (χ2v) is 29.6. The molecule has 15 rings (SSSR count). The molecule has 10 aromatic carbocycles. The van der Waals surface area contributed by atoms with Crippen molar-refractivity contribution < 1.29 is 81.1 Å². The van der Waals surface area contributed by atoms with Crippen LogP contribution < -0.4 is 48.0 Å². The van der Waals surface area contributed by atoms with E-state index in [1.807, 2.05) is 251 Å². The molecule has 10 aromatic rings. The number of anilines is 4.